The first kappa shape index (κ1) is 28.6. The number of halogens is 1. The molecule has 0 aliphatic carbocycles. The number of sulfonamides is 1. The van der Waals surface area contributed by atoms with Crippen molar-refractivity contribution < 1.29 is 27.5 Å². The van der Waals surface area contributed by atoms with Crippen LogP contribution in [0.5, 0.6) is 5.75 Å². The molecule has 1 saturated heterocycles. The van der Waals surface area contributed by atoms with Crippen molar-refractivity contribution in [3.05, 3.63) is 88.9 Å². The Hall–Kier alpha value is -3.44. The fourth-order valence-corrected chi connectivity index (χ4v) is 6.13. The van der Waals surface area contributed by atoms with Gasteiger partial charge in [0.2, 0.25) is 15.9 Å². The van der Waals surface area contributed by atoms with E-state index in [-0.39, 0.29) is 36.1 Å². The van der Waals surface area contributed by atoms with Crippen LogP contribution in [0.1, 0.15) is 28.9 Å². The fourth-order valence-electron chi connectivity index (χ4n) is 4.45. The third kappa shape index (κ3) is 6.59. The molecule has 3 aromatic rings. The number of rotatable bonds is 9. The van der Waals surface area contributed by atoms with Crippen molar-refractivity contribution in [1.29, 1.82) is 0 Å². The van der Waals surface area contributed by atoms with E-state index in [9.17, 15) is 18.0 Å². The Morgan fingerprint density at radius 3 is 2.23 bits per heavy atom. The minimum Gasteiger partial charge on any atom is -0.495 e. The number of amides is 1. The van der Waals surface area contributed by atoms with Crippen LogP contribution in [0.15, 0.2) is 77.7 Å². The van der Waals surface area contributed by atoms with Gasteiger partial charge >= 0.3 is 5.97 Å². The summed E-state index contributed by atoms with van der Waals surface area (Å²) in [6.07, 6.45) is 0. The lowest BCUT2D eigenvalue weighted by Crippen LogP contribution is -2.51. The van der Waals surface area contributed by atoms with Crippen LogP contribution >= 0.6 is 11.6 Å². The predicted octanol–water partition coefficient (Wildman–Crippen LogP) is 4.21. The van der Waals surface area contributed by atoms with Crippen LogP contribution < -0.4 is 10.1 Å². The molecule has 0 unspecified atom stereocenters. The van der Waals surface area contributed by atoms with Crippen LogP contribution in [-0.2, 0) is 19.6 Å². The van der Waals surface area contributed by atoms with Crippen LogP contribution in [0.4, 0.5) is 5.69 Å². The van der Waals surface area contributed by atoms with Gasteiger partial charge in [-0.2, -0.15) is 4.31 Å². The quantitative estimate of drug-likeness (QED) is 0.384. The van der Waals surface area contributed by atoms with E-state index in [1.54, 1.807) is 25.1 Å². The van der Waals surface area contributed by atoms with Crippen LogP contribution in [0.25, 0.3) is 0 Å². The molecule has 1 aliphatic rings. The smallest absolute Gasteiger partial charge is 0.338 e. The molecule has 4 rings (SSSR count). The zero-order chi connectivity index (χ0) is 28.0. The molecule has 1 N–H and O–H groups in total. The van der Waals surface area contributed by atoms with E-state index < -0.39 is 22.0 Å². The summed E-state index contributed by atoms with van der Waals surface area (Å²) in [5.74, 6) is -0.257. The Morgan fingerprint density at radius 1 is 0.974 bits per heavy atom. The van der Waals surface area contributed by atoms with Gasteiger partial charge in [0.05, 0.1) is 29.2 Å². The van der Waals surface area contributed by atoms with Gasteiger partial charge in [0.15, 0.2) is 0 Å². The number of piperazine rings is 1. The molecule has 1 amide bonds. The van der Waals surface area contributed by atoms with Crippen molar-refractivity contribution in [2.24, 2.45) is 0 Å². The lowest BCUT2D eigenvalue weighted by atomic mass is 10.0. The highest BCUT2D eigenvalue weighted by Crippen LogP contribution is 2.30. The zero-order valence-corrected chi connectivity index (χ0v) is 23.2. The fraction of sp³-hybridized carbons (Fsp3) is 0.286. The Bertz CT molecular complexity index is 1410. The predicted molar refractivity (Wildman–Crippen MR) is 149 cm³/mol. The van der Waals surface area contributed by atoms with Crippen LogP contribution in [0, 0.1) is 0 Å². The second kappa shape index (κ2) is 12.6. The molecule has 9 nitrogen and oxygen atoms in total. The second-order valence-corrected chi connectivity index (χ2v) is 11.2. The third-order valence-electron chi connectivity index (χ3n) is 6.42. The highest BCUT2D eigenvalue weighted by molar-refractivity contribution is 7.89. The monoisotopic (exact) mass is 571 g/mol. The summed E-state index contributed by atoms with van der Waals surface area (Å²) in [4.78, 5) is 27.5. The van der Waals surface area contributed by atoms with E-state index in [0.717, 1.165) is 5.56 Å². The van der Waals surface area contributed by atoms with Gasteiger partial charge in [0.25, 0.3) is 0 Å². The second-order valence-electron chi connectivity index (χ2n) is 8.84. The number of hydrogen-bond donors (Lipinski definition) is 1. The van der Waals surface area contributed by atoms with Crippen LogP contribution in [0.3, 0.4) is 0 Å². The van der Waals surface area contributed by atoms with Crippen molar-refractivity contribution in [1.82, 2.24) is 9.21 Å². The van der Waals surface area contributed by atoms with E-state index in [0.29, 0.717) is 29.5 Å². The molecule has 0 saturated carbocycles. The number of esters is 1. The summed E-state index contributed by atoms with van der Waals surface area (Å²) in [5.41, 5.74) is 1.61. The highest BCUT2D eigenvalue weighted by atomic mass is 35.5. The zero-order valence-electron chi connectivity index (χ0n) is 21.7. The average molecular weight is 572 g/mol. The lowest BCUT2D eigenvalue weighted by molar-refractivity contribution is -0.122. The van der Waals surface area contributed by atoms with Gasteiger partial charge in [-0.1, -0.05) is 41.9 Å². The molecule has 1 fully saturated rings. The van der Waals surface area contributed by atoms with Crippen LogP contribution in [0.2, 0.25) is 5.02 Å². The SMILES string of the molecule is CCOC(=O)c1ccc(S(=O)(=O)N2CCN([C@@H](C(=O)Nc3ccc(OC)c(Cl)c3)c3ccccc3)CC2)cc1. The minimum absolute atomic E-state index is 0.0951. The number of hydrogen-bond acceptors (Lipinski definition) is 7. The van der Waals surface area contributed by atoms with E-state index >= 15 is 0 Å². The first-order valence-corrected chi connectivity index (χ1v) is 14.3. The molecule has 1 aliphatic heterocycles. The van der Waals surface area contributed by atoms with Gasteiger partial charge in [-0.05, 0) is 55.0 Å². The van der Waals surface area contributed by atoms with Crippen molar-refractivity contribution in [3.63, 3.8) is 0 Å². The number of anilines is 1. The molecule has 11 heteroatoms. The largest absolute Gasteiger partial charge is 0.495 e. The molecule has 206 valence electrons. The molecule has 1 heterocycles. The Morgan fingerprint density at radius 2 is 1.64 bits per heavy atom. The van der Waals surface area contributed by atoms with Crippen molar-refractivity contribution in [2.75, 3.05) is 45.2 Å². The van der Waals surface area contributed by atoms with Crippen molar-refractivity contribution >= 4 is 39.2 Å². The van der Waals surface area contributed by atoms with E-state index in [4.69, 9.17) is 21.1 Å². The number of nitrogens with one attached hydrogen (secondary N) is 1. The summed E-state index contributed by atoms with van der Waals surface area (Å²) in [7, 11) is -2.27. The van der Waals surface area contributed by atoms with E-state index in [1.165, 1.54) is 35.7 Å². The van der Waals surface area contributed by atoms with Gasteiger partial charge in [0.1, 0.15) is 11.8 Å². The Balaban J connectivity index is 1.48. The summed E-state index contributed by atoms with van der Waals surface area (Å²) >= 11 is 6.23. The number of carbonyl (C=O) groups excluding carboxylic acids is 2. The van der Waals surface area contributed by atoms with Gasteiger partial charge in [-0.15, -0.1) is 0 Å². The normalized spacial score (nSPS) is 15.4. The van der Waals surface area contributed by atoms with Crippen molar-refractivity contribution in [2.45, 2.75) is 17.9 Å². The molecule has 39 heavy (non-hydrogen) atoms. The third-order valence-corrected chi connectivity index (χ3v) is 8.63. The topological polar surface area (TPSA) is 105 Å². The Labute approximate surface area is 233 Å². The standard InChI is InChI=1S/C28H30ClN3O6S/c1-3-38-28(34)21-9-12-23(13-10-21)39(35,36)32-17-15-31(16-18-32)26(20-7-5-4-6-8-20)27(33)30-22-11-14-25(37-2)24(29)19-22/h4-14,19,26H,3,15-18H2,1-2H3,(H,30,33)/t26-/m1/s1. The maximum atomic E-state index is 13.5. The first-order valence-electron chi connectivity index (χ1n) is 12.5. The molecule has 0 aromatic heterocycles. The number of methoxy groups -OCH3 is 1. The maximum Gasteiger partial charge on any atom is 0.338 e. The first-order chi connectivity index (χ1) is 18.7. The molecular weight excluding hydrogens is 542 g/mol. The van der Waals surface area contributed by atoms with E-state index in [2.05, 4.69) is 5.32 Å². The number of carbonyl (C=O) groups is 2. The van der Waals surface area contributed by atoms with Crippen molar-refractivity contribution in [3.8, 4) is 5.75 Å². The lowest BCUT2D eigenvalue weighted by Gasteiger charge is -2.38. The molecule has 0 bridgehead atoms. The van der Waals surface area contributed by atoms with Gasteiger partial charge in [-0.3, -0.25) is 9.69 Å². The molecule has 3 aromatic carbocycles. The molecule has 0 radical (unpaired) electrons. The van der Waals surface area contributed by atoms with E-state index in [1.807, 2.05) is 35.2 Å². The minimum atomic E-state index is -3.78. The maximum absolute atomic E-state index is 13.5. The summed E-state index contributed by atoms with van der Waals surface area (Å²) in [5, 5.41) is 3.31. The highest BCUT2D eigenvalue weighted by Gasteiger charge is 2.34. The number of nitrogens with zero attached hydrogens (tertiary/aromatic N) is 2. The Kier molecular flexibility index (Phi) is 9.24. The van der Waals surface area contributed by atoms with Gasteiger partial charge in [0, 0.05) is 31.9 Å². The molecule has 0 spiro atoms. The number of benzene rings is 3. The summed E-state index contributed by atoms with van der Waals surface area (Å²) in [6, 6.07) is 19.4. The summed E-state index contributed by atoms with van der Waals surface area (Å²) in [6.45, 7) is 3.03. The van der Waals surface area contributed by atoms with Gasteiger partial charge in [-0.25, -0.2) is 13.2 Å². The van der Waals surface area contributed by atoms with Crippen LogP contribution in [-0.4, -0.2) is 69.4 Å². The number of ether oxygens (including phenoxy) is 2. The van der Waals surface area contributed by atoms with Gasteiger partial charge < -0.3 is 14.8 Å². The molecule has 1 atom stereocenters. The average Bonchev–Trinajstić information content (AvgIpc) is 2.94. The summed E-state index contributed by atoms with van der Waals surface area (Å²) < 4.78 is 38.1. The molecular formula is C28H30ClN3O6S.